The highest BCUT2D eigenvalue weighted by molar-refractivity contribution is 7.89. The number of primary sulfonamides is 1. The Morgan fingerprint density at radius 3 is 2.38 bits per heavy atom. The van der Waals surface area contributed by atoms with Crippen molar-refractivity contribution in [2.75, 3.05) is 23.7 Å². The van der Waals surface area contributed by atoms with E-state index in [0.717, 1.165) is 31.6 Å². The maximum Gasteiger partial charge on any atom is 0.238 e. The van der Waals surface area contributed by atoms with Crippen LogP contribution in [0.25, 0.3) is 0 Å². The van der Waals surface area contributed by atoms with E-state index in [2.05, 4.69) is 4.90 Å². The fraction of sp³-hybridized carbons (Fsp3) is 0.571. The molecule has 0 aromatic heterocycles. The summed E-state index contributed by atoms with van der Waals surface area (Å²) in [4.78, 5) is 2.19. The summed E-state index contributed by atoms with van der Waals surface area (Å²) in [6, 6.07) is 3.18. The van der Waals surface area contributed by atoms with Crippen LogP contribution in [0.1, 0.15) is 25.3 Å². The Morgan fingerprint density at radius 2 is 1.90 bits per heavy atom. The molecule has 0 saturated carbocycles. The maximum atomic E-state index is 11.7. The molecular weight excluding hydrogens is 290 g/mol. The van der Waals surface area contributed by atoms with Crippen LogP contribution in [0, 0.1) is 12.8 Å². The molecule has 118 valence electrons. The maximum absolute atomic E-state index is 11.7. The molecule has 0 aliphatic carbocycles. The molecule has 1 saturated heterocycles. The summed E-state index contributed by atoms with van der Waals surface area (Å²) >= 11 is 0. The summed E-state index contributed by atoms with van der Waals surface area (Å²) in [6.45, 7) is 5.09. The van der Waals surface area contributed by atoms with E-state index in [4.69, 9.17) is 10.9 Å². The third kappa shape index (κ3) is 3.48. The standard InChI is InChI=1S/C14H23N3O3S/c1-9-13(7-12(15)8-14(9)21(16,19)20)17-5-3-11(4-6-17)10(2)18/h7-8,10-11,18H,3-6,15H2,1-2H3,(H2,16,19,20). The summed E-state index contributed by atoms with van der Waals surface area (Å²) in [7, 11) is -3.79. The van der Waals surface area contributed by atoms with Crippen molar-refractivity contribution in [1.82, 2.24) is 0 Å². The smallest absolute Gasteiger partial charge is 0.238 e. The average molecular weight is 313 g/mol. The minimum absolute atomic E-state index is 0.0788. The second-order valence-corrected chi connectivity index (χ2v) is 7.30. The zero-order valence-electron chi connectivity index (χ0n) is 12.4. The van der Waals surface area contributed by atoms with Crippen molar-refractivity contribution in [1.29, 1.82) is 0 Å². The molecule has 5 N–H and O–H groups in total. The van der Waals surface area contributed by atoms with Gasteiger partial charge < -0.3 is 15.7 Å². The van der Waals surface area contributed by atoms with E-state index in [0.29, 0.717) is 17.2 Å². The van der Waals surface area contributed by atoms with Crippen LogP contribution in [0.3, 0.4) is 0 Å². The lowest BCUT2D eigenvalue weighted by Crippen LogP contribution is -2.37. The third-order valence-electron chi connectivity index (χ3n) is 4.22. The third-order valence-corrected chi connectivity index (χ3v) is 5.26. The van der Waals surface area contributed by atoms with Gasteiger partial charge in [0.15, 0.2) is 0 Å². The average Bonchev–Trinajstić information content (AvgIpc) is 2.40. The summed E-state index contributed by atoms with van der Waals surface area (Å²) in [5, 5.41) is 14.9. The highest BCUT2D eigenvalue weighted by atomic mass is 32.2. The molecule has 1 atom stereocenters. The molecule has 1 aliphatic heterocycles. The first kappa shape index (κ1) is 16.1. The second-order valence-electron chi connectivity index (χ2n) is 5.77. The quantitative estimate of drug-likeness (QED) is 0.716. The first-order valence-corrected chi connectivity index (χ1v) is 8.60. The molecule has 1 fully saturated rings. The van der Waals surface area contributed by atoms with Crippen LogP contribution in [0.15, 0.2) is 17.0 Å². The Labute approximate surface area is 125 Å². The molecule has 2 rings (SSSR count). The van der Waals surface area contributed by atoms with Crippen molar-refractivity contribution in [3.05, 3.63) is 17.7 Å². The Balaban J connectivity index is 2.32. The number of nitrogen functional groups attached to an aromatic ring is 1. The lowest BCUT2D eigenvalue weighted by atomic mass is 9.91. The molecule has 1 aliphatic rings. The number of piperidine rings is 1. The molecule has 7 heteroatoms. The van der Waals surface area contributed by atoms with Crippen LogP contribution in [0.2, 0.25) is 0 Å². The van der Waals surface area contributed by atoms with E-state index in [1.54, 1.807) is 13.0 Å². The van der Waals surface area contributed by atoms with E-state index in [-0.39, 0.29) is 11.0 Å². The highest BCUT2D eigenvalue weighted by Crippen LogP contribution is 2.32. The lowest BCUT2D eigenvalue weighted by molar-refractivity contribution is 0.110. The van der Waals surface area contributed by atoms with Crippen molar-refractivity contribution in [3.63, 3.8) is 0 Å². The van der Waals surface area contributed by atoms with Crippen LogP contribution in [0.5, 0.6) is 0 Å². The number of hydrogen-bond acceptors (Lipinski definition) is 5. The summed E-state index contributed by atoms with van der Waals surface area (Å²) in [5.41, 5.74) is 7.64. The predicted molar refractivity (Wildman–Crippen MR) is 83.6 cm³/mol. The van der Waals surface area contributed by atoms with Gasteiger partial charge in [0.2, 0.25) is 10.0 Å². The number of sulfonamides is 1. The second kappa shape index (κ2) is 5.82. The van der Waals surface area contributed by atoms with Gasteiger partial charge in [0.05, 0.1) is 11.0 Å². The van der Waals surface area contributed by atoms with Gasteiger partial charge in [-0.05, 0) is 50.3 Å². The van der Waals surface area contributed by atoms with Gasteiger partial charge >= 0.3 is 0 Å². The fourth-order valence-corrected chi connectivity index (χ4v) is 3.77. The van der Waals surface area contributed by atoms with Gasteiger partial charge in [-0.3, -0.25) is 0 Å². The fourth-order valence-electron chi connectivity index (χ4n) is 2.94. The molecule has 0 amide bonds. The normalized spacial score (nSPS) is 18.8. The van der Waals surface area contributed by atoms with Gasteiger partial charge in [-0.25, -0.2) is 13.6 Å². The number of anilines is 2. The molecule has 0 spiro atoms. The molecule has 0 radical (unpaired) electrons. The molecule has 1 heterocycles. The Hall–Kier alpha value is -1.31. The van der Waals surface area contributed by atoms with Gasteiger partial charge in [0.1, 0.15) is 0 Å². The van der Waals surface area contributed by atoms with Crippen molar-refractivity contribution < 1.29 is 13.5 Å². The predicted octanol–water partition coefficient (Wildman–Crippen LogP) is 0.822. The van der Waals surface area contributed by atoms with Crippen molar-refractivity contribution in [2.24, 2.45) is 11.1 Å². The first-order valence-electron chi connectivity index (χ1n) is 7.06. The molecular formula is C14H23N3O3S. The number of hydrogen-bond donors (Lipinski definition) is 3. The van der Waals surface area contributed by atoms with Gasteiger partial charge in [-0.2, -0.15) is 0 Å². The highest BCUT2D eigenvalue weighted by Gasteiger charge is 2.25. The number of rotatable bonds is 3. The number of aliphatic hydroxyl groups excluding tert-OH is 1. The summed E-state index contributed by atoms with van der Waals surface area (Å²) in [5.74, 6) is 0.292. The zero-order chi connectivity index (χ0) is 15.8. The lowest BCUT2D eigenvalue weighted by Gasteiger charge is -2.36. The summed E-state index contributed by atoms with van der Waals surface area (Å²) in [6.07, 6.45) is 1.43. The molecule has 1 unspecified atom stereocenters. The van der Waals surface area contributed by atoms with Gasteiger partial charge in [0, 0.05) is 24.5 Å². The van der Waals surface area contributed by atoms with Crippen LogP contribution >= 0.6 is 0 Å². The largest absolute Gasteiger partial charge is 0.399 e. The molecule has 1 aromatic rings. The molecule has 0 bridgehead atoms. The Morgan fingerprint density at radius 1 is 1.33 bits per heavy atom. The van der Waals surface area contributed by atoms with Crippen LogP contribution in [-0.2, 0) is 10.0 Å². The minimum atomic E-state index is -3.79. The van der Waals surface area contributed by atoms with E-state index in [9.17, 15) is 13.5 Å². The number of nitrogens with zero attached hydrogens (tertiary/aromatic N) is 1. The van der Waals surface area contributed by atoms with Crippen molar-refractivity contribution in [3.8, 4) is 0 Å². The molecule has 1 aromatic carbocycles. The van der Waals surface area contributed by atoms with Crippen LogP contribution in [0.4, 0.5) is 11.4 Å². The number of benzene rings is 1. The van der Waals surface area contributed by atoms with Gasteiger partial charge in [-0.15, -0.1) is 0 Å². The SMILES string of the molecule is Cc1c(N2CCC(C(C)O)CC2)cc(N)cc1S(N)(=O)=O. The Kier molecular flexibility index (Phi) is 4.46. The zero-order valence-corrected chi connectivity index (χ0v) is 13.2. The topological polar surface area (TPSA) is 110 Å². The molecule has 6 nitrogen and oxygen atoms in total. The Bertz CT molecular complexity index is 621. The van der Waals surface area contributed by atoms with E-state index in [1.807, 2.05) is 6.92 Å². The van der Waals surface area contributed by atoms with E-state index >= 15 is 0 Å². The van der Waals surface area contributed by atoms with Gasteiger partial charge in [0.25, 0.3) is 0 Å². The first-order chi connectivity index (χ1) is 9.70. The number of aliphatic hydroxyl groups is 1. The van der Waals surface area contributed by atoms with Crippen LogP contribution in [-0.4, -0.2) is 32.7 Å². The monoisotopic (exact) mass is 313 g/mol. The molecule has 21 heavy (non-hydrogen) atoms. The number of nitrogens with two attached hydrogens (primary N) is 2. The van der Waals surface area contributed by atoms with Crippen molar-refractivity contribution >= 4 is 21.4 Å². The van der Waals surface area contributed by atoms with Crippen molar-refractivity contribution in [2.45, 2.75) is 37.7 Å². The van der Waals surface area contributed by atoms with E-state index < -0.39 is 10.0 Å². The summed E-state index contributed by atoms with van der Waals surface area (Å²) < 4.78 is 23.3. The minimum Gasteiger partial charge on any atom is -0.399 e. The van der Waals surface area contributed by atoms with Gasteiger partial charge in [-0.1, -0.05) is 0 Å². The van der Waals surface area contributed by atoms with Crippen LogP contribution < -0.4 is 15.8 Å². The van der Waals surface area contributed by atoms with E-state index in [1.165, 1.54) is 6.07 Å².